The molecule has 0 aromatic heterocycles. The number of benzene rings is 1. The summed E-state index contributed by atoms with van der Waals surface area (Å²) in [6.07, 6.45) is 0. The summed E-state index contributed by atoms with van der Waals surface area (Å²) in [5.74, 6) is -0.265. The molecule has 0 N–H and O–H groups in total. The van der Waals surface area contributed by atoms with Gasteiger partial charge in [0.25, 0.3) is 0 Å². The minimum Gasteiger partial charge on any atom is -0.293 e. The first kappa shape index (κ1) is 14.9. The molecule has 0 heterocycles. The third-order valence-electron chi connectivity index (χ3n) is 1.80. The molecule has 1 nitrogen and oxygen atoms in total. The normalized spacial score (nSPS) is 13.5. The first-order valence-corrected chi connectivity index (χ1v) is 6.55. The maximum atomic E-state index is 12.1. The largest absolute Gasteiger partial charge is 0.446 e. The Morgan fingerprint density at radius 2 is 2.06 bits per heavy atom. The molecule has 0 radical (unpaired) electrons. The van der Waals surface area contributed by atoms with E-state index in [-0.39, 0.29) is 33.0 Å². The van der Waals surface area contributed by atoms with E-state index >= 15 is 0 Å². The van der Waals surface area contributed by atoms with Crippen LogP contribution < -0.4 is 0 Å². The second kappa shape index (κ2) is 5.63. The van der Waals surface area contributed by atoms with E-state index in [1.54, 1.807) is 6.92 Å². The fourth-order valence-electron chi connectivity index (χ4n) is 1.11. The van der Waals surface area contributed by atoms with Gasteiger partial charge in [-0.1, -0.05) is 27.5 Å². The predicted octanol–water partition coefficient (Wildman–Crippen LogP) is 4.92. The number of halogens is 5. The van der Waals surface area contributed by atoms with Crippen molar-refractivity contribution in [1.82, 2.24) is 0 Å². The smallest absolute Gasteiger partial charge is 0.293 e. The van der Waals surface area contributed by atoms with Crippen molar-refractivity contribution in [3.8, 4) is 0 Å². The standard InChI is InChI=1S/C10H7BrClF3OS/c1-5(11)9(16)7-3-2-6(4-8(7)12)17-10(13,14)15/h2-5H,1H3. The van der Waals surface area contributed by atoms with Crippen LogP contribution in [0.25, 0.3) is 0 Å². The van der Waals surface area contributed by atoms with Crippen molar-refractivity contribution in [1.29, 1.82) is 0 Å². The summed E-state index contributed by atoms with van der Waals surface area (Å²) in [5, 5.41) is 0.0237. The van der Waals surface area contributed by atoms with E-state index in [1.807, 2.05) is 0 Å². The molecule has 1 aromatic carbocycles. The van der Waals surface area contributed by atoms with Crippen LogP contribution in [-0.2, 0) is 0 Å². The number of Topliss-reactive ketones (excluding diaryl/α,β-unsaturated/α-hetero) is 1. The molecular formula is C10H7BrClF3OS. The Labute approximate surface area is 114 Å². The van der Waals surface area contributed by atoms with E-state index in [4.69, 9.17) is 11.6 Å². The number of thioether (sulfide) groups is 1. The van der Waals surface area contributed by atoms with Gasteiger partial charge in [0.15, 0.2) is 5.78 Å². The number of rotatable bonds is 3. The molecule has 0 amide bonds. The van der Waals surface area contributed by atoms with E-state index < -0.39 is 10.3 Å². The van der Waals surface area contributed by atoms with Gasteiger partial charge in [-0.05, 0) is 36.9 Å². The minimum atomic E-state index is -4.36. The highest BCUT2D eigenvalue weighted by Crippen LogP contribution is 2.38. The van der Waals surface area contributed by atoms with Crippen LogP contribution in [0.3, 0.4) is 0 Å². The lowest BCUT2D eigenvalue weighted by Crippen LogP contribution is -2.10. The Morgan fingerprint density at radius 1 is 1.47 bits per heavy atom. The predicted molar refractivity (Wildman–Crippen MR) is 66.1 cm³/mol. The first-order valence-electron chi connectivity index (χ1n) is 4.44. The van der Waals surface area contributed by atoms with Gasteiger partial charge in [-0.2, -0.15) is 13.2 Å². The Kier molecular flexibility index (Phi) is 4.92. The van der Waals surface area contributed by atoms with E-state index in [2.05, 4.69) is 15.9 Å². The van der Waals surface area contributed by atoms with E-state index in [1.165, 1.54) is 12.1 Å². The third-order valence-corrected chi connectivity index (χ3v) is 3.25. The van der Waals surface area contributed by atoms with Crippen LogP contribution in [0.15, 0.2) is 23.1 Å². The molecule has 17 heavy (non-hydrogen) atoms. The van der Waals surface area contributed by atoms with Crippen molar-refractivity contribution >= 4 is 45.1 Å². The molecule has 1 aromatic rings. The van der Waals surface area contributed by atoms with Gasteiger partial charge >= 0.3 is 5.51 Å². The Balaban J connectivity index is 2.98. The summed E-state index contributed by atoms with van der Waals surface area (Å²) in [4.78, 5) is 11.1. The zero-order valence-corrected chi connectivity index (χ0v) is 11.7. The summed E-state index contributed by atoms with van der Waals surface area (Å²) in [6.45, 7) is 1.62. The van der Waals surface area contributed by atoms with Crippen LogP contribution in [0, 0.1) is 0 Å². The molecule has 0 spiro atoms. The number of ketones is 1. The maximum absolute atomic E-state index is 12.1. The quantitative estimate of drug-likeness (QED) is 0.439. The average molecular weight is 348 g/mol. The molecule has 1 rings (SSSR count). The van der Waals surface area contributed by atoms with E-state index in [9.17, 15) is 18.0 Å². The number of hydrogen-bond acceptors (Lipinski definition) is 2. The number of carbonyl (C=O) groups is 1. The zero-order chi connectivity index (χ0) is 13.2. The topological polar surface area (TPSA) is 17.1 Å². The zero-order valence-electron chi connectivity index (χ0n) is 8.52. The minimum absolute atomic E-state index is 0.0237. The molecule has 0 aliphatic heterocycles. The van der Waals surface area contributed by atoms with Crippen LogP contribution in [0.5, 0.6) is 0 Å². The number of hydrogen-bond donors (Lipinski definition) is 0. The second-order valence-corrected chi connectivity index (χ2v) is 6.09. The van der Waals surface area contributed by atoms with Crippen LogP contribution >= 0.6 is 39.3 Å². The Morgan fingerprint density at radius 3 is 2.47 bits per heavy atom. The fraction of sp³-hybridized carbons (Fsp3) is 0.300. The molecule has 0 bridgehead atoms. The third kappa shape index (κ3) is 4.52. The van der Waals surface area contributed by atoms with Gasteiger partial charge in [-0.3, -0.25) is 4.79 Å². The number of alkyl halides is 4. The Bertz CT molecular complexity index is 434. The maximum Gasteiger partial charge on any atom is 0.446 e. The number of carbonyl (C=O) groups excluding carboxylic acids is 1. The summed E-state index contributed by atoms with van der Waals surface area (Å²) < 4.78 is 36.3. The summed E-state index contributed by atoms with van der Waals surface area (Å²) in [7, 11) is 0. The molecule has 94 valence electrons. The van der Waals surface area contributed by atoms with Crippen molar-refractivity contribution in [2.24, 2.45) is 0 Å². The molecule has 0 aliphatic rings. The molecular weight excluding hydrogens is 341 g/mol. The van der Waals surface area contributed by atoms with Gasteiger partial charge in [-0.25, -0.2) is 0 Å². The van der Waals surface area contributed by atoms with E-state index in [0.717, 1.165) is 6.07 Å². The first-order chi connectivity index (χ1) is 7.70. The molecule has 0 fully saturated rings. The van der Waals surface area contributed by atoms with Gasteiger partial charge in [0.2, 0.25) is 0 Å². The van der Waals surface area contributed by atoms with Gasteiger partial charge in [-0.15, -0.1) is 0 Å². The van der Waals surface area contributed by atoms with Crippen molar-refractivity contribution in [2.45, 2.75) is 22.2 Å². The average Bonchev–Trinajstić information content (AvgIpc) is 2.14. The Hall–Kier alpha value is -0.200. The van der Waals surface area contributed by atoms with Crippen LogP contribution in [-0.4, -0.2) is 16.1 Å². The van der Waals surface area contributed by atoms with Crippen LogP contribution in [0.1, 0.15) is 17.3 Å². The van der Waals surface area contributed by atoms with Gasteiger partial charge < -0.3 is 0 Å². The summed E-state index contributed by atoms with van der Waals surface area (Å²) >= 11 is 8.60. The highest BCUT2D eigenvalue weighted by molar-refractivity contribution is 9.10. The lowest BCUT2D eigenvalue weighted by molar-refractivity contribution is -0.0328. The van der Waals surface area contributed by atoms with E-state index in [0.29, 0.717) is 0 Å². The second-order valence-electron chi connectivity index (χ2n) is 3.17. The molecule has 0 saturated carbocycles. The van der Waals surface area contributed by atoms with Gasteiger partial charge in [0, 0.05) is 10.5 Å². The van der Waals surface area contributed by atoms with Crippen LogP contribution in [0.4, 0.5) is 13.2 Å². The molecule has 7 heteroatoms. The molecule has 0 aliphatic carbocycles. The summed E-state index contributed by atoms with van der Waals surface area (Å²) in [6, 6.07) is 3.67. The lowest BCUT2D eigenvalue weighted by Gasteiger charge is -2.09. The fourth-order valence-corrected chi connectivity index (χ4v) is 2.27. The summed E-state index contributed by atoms with van der Waals surface area (Å²) in [5.41, 5.74) is -4.15. The van der Waals surface area contributed by atoms with Crippen LogP contribution in [0.2, 0.25) is 5.02 Å². The molecule has 0 saturated heterocycles. The highest BCUT2D eigenvalue weighted by atomic mass is 79.9. The van der Waals surface area contributed by atoms with Gasteiger partial charge in [0.05, 0.1) is 9.85 Å². The van der Waals surface area contributed by atoms with Crippen molar-refractivity contribution < 1.29 is 18.0 Å². The van der Waals surface area contributed by atoms with Gasteiger partial charge in [0.1, 0.15) is 0 Å². The highest BCUT2D eigenvalue weighted by Gasteiger charge is 2.29. The molecule has 1 atom stereocenters. The SMILES string of the molecule is CC(Br)C(=O)c1ccc(SC(F)(F)F)cc1Cl. The van der Waals surface area contributed by atoms with Crippen molar-refractivity contribution in [3.05, 3.63) is 28.8 Å². The van der Waals surface area contributed by atoms with Crippen molar-refractivity contribution in [3.63, 3.8) is 0 Å². The lowest BCUT2D eigenvalue weighted by atomic mass is 10.1. The van der Waals surface area contributed by atoms with Crippen molar-refractivity contribution in [2.75, 3.05) is 0 Å². The monoisotopic (exact) mass is 346 g/mol. The molecule has 1 unspecified atom stereocenters.